The number of nitrogens with zero attached hydrogens (tertiary/aromatic N) is 1. The van der Waals surface area contributed by atoms with E-state index in [1.165, 1.54) is 25.2 Å². The number of nitrogens with one attached hydrogen (secondary N) is 1. The molecule has 1 heterocycles. The number of unbranched alkanes of at least 4 members (excludes halogenated alkanes) is 3. The fourth-order valence-corrected chi connectivity index (χ4v) is 1.14. The van der Waals surface area contributed by atoms with E-state index in [4.69, 9.17) is 4.74 Å². The van der Waals surface area contributed by atoms with Gasteiger partial charge in [-0.05, 0) is 6.42 Å². The summed E-state index contributed by atoms with van der Waals surface area (Å²) in [5.41, 5.74) is -0.261. The molecule has 1 aromatic rings. The van der Waals surface area contributed by atoms with E-state index >= 15 is 0 Å². The number of hydrogen-bond acceptors (Lipinski definition) is 3. The molecule has 0 spiro atoms. The molecule has 0 bridgehead atoms. The van der Waals surface area contributed by atoms with Gasteiger partial charge in [-0.25, -0.2) is 4.98 Å². The maximum atomic E-state index is 11.1. The van der Waals surface area contributed by atoms with Gasteiger partial charge < -0.3 is 9.72 Å². The molecule has 4 nitrogen and oxygen atoms in total. The van der Waals surface area contributed by atoms with Crippen LogP contribution in [0.5, 0.6) is 5.88 Å². The molecular formula is C10H16N2O2. The highest BCUT2D eigenvalue weighted by atomic mass is 16.5. The molecule has 0 unspecified atom stereocenters. The molecule has 0 radical (unpaired) electrons. The van der Waals surface area contributed by atoms with Crippen molar-refractivity contribution in [1.29, 1.82) is 0 Å². The van der Waals surface area contributed by atoms with Crippen LogP contribution in [0.2, 0.25) is 0 Å². The van der Waals surface area contributed by atoms with E-state index in [1.54, 1.807) is 0 Å². The van der Waals surface area contributed by atoms with Crippen molar-refractivity contribution in [2.45, 2.75) is 32.6 Å². The van der Waals surface area contributed by atoms with E-state index in [0.29, 0.717) is 6.61 Å². The molecule has 0 atom stereocenters. The van der Waals surface area contributed by atoms with E-state index in [0.717, 1.165) is 12.8 Å². The third-order valence-corrected chi connectivity index (χ3v) is 1.91. The standard InChI is InChI=1S/C10H16N2O2/c1-2-3-4-5-8-14-10-9(13)11-6-7-12-10/h6-7H,2-5,8H2,1H3,(H,11,13). The lowest BCUT2D eigenvalue weighted by molar-refractivity contribution is 0.289. The van der Waals surface area contributed by atoms with Crippen molar-refractivity contribution >= 4 is 0 Å². The second-order valence-corrected chi connectivity index (χ2v) is 3.13. The smallest absolute Gasteiger partial charge is 0.310 e. The molecule has 78 valence electrons. The average molecular weight is 196 g/mol. The molecule has 0 aliphatic heterocycles. The normalized spacial score (nSPS) is 10.1. The van der Waals surface area contributed by atoms with E-state index < -0.39 is 0 Å². The average Bonchev–Trinajstić information content (AvgIpc) is 2.20. The van der Waals surface area contributed by atoms with Crippen LogP contribution in [0.15, 0.2) is 17.2 Å². The van der Waals surface area contributed by atoms with Crippen LogP contribution in [0.25, 0.3) is 0 Å². The molecule has 0 amide bonds. The summed E-state index contributed by atoms with van der Waals surface area (Å²) in [5, 5.41) is 0. The third kappa shape index (κ3) is 3.60. The minimum Gasteiger partial charge on any atom is -0.474 e. The summed E-state index contributed by atoms with van der Waals surface area (Å²) in [4.78, 5) is 17.4. The second-order valence-electron chi connectivity index (χ2n) is 3.13. The van der Waals surface area contributed by atoms with Gasteiger partial charge in [-0.1, -0.05) is 26.2 Å². The van der Waals surface area contributed by atoms with Crippen molar-refractivity contribution in [3.8, 4) is 5.88 Å². The number of H-pyrrole nitrogens is 1. The fourth-order valence-electron chi connectivity index (χ4n) is 1.14. The van der Waals surface area contributed by atoms with Crippen LogP contribution in [-0.2, 0) is 0 Å². The molecule has 4 heteroatoms. The summed E-state index contributed by atoms with van der Waals surface area (Å²) in [6, 6.07) is 0. The maximum absolute atomic E-state index is 11.1. The van der Waals surface area contributed by atoms with Gasteiger partial charge in [0, 0.05) is 12.4 Å². The van der Waals surface area contributed by atoms with Crippen molar-refractivity contribution < 1.29 is 4.74 Å². The second kappa shape index (κ2) is 6.18. The monoisotopic (exact) mass is 196 g/mol. The van der Waals surface area contributed by atoms with E-state index in [1.807, 2.05) is 0 Å². The Morgan fingerprint density at radius 3 is 3.00 bits per heavy atom. The minimum absolute atomic E-state index is 0.170. The van der Waals surface area contributed by atoms with Gasteiger partial charge in [0.1, 0.15) is 0 Å². The van der Waals surface area contributed by atoms with Gasteiger partial charge in [-0.15, -0.1) is 0 Å². The van der Waals surface area contributed by atoms with Gasteiger partial charge in [0.15, 0.2) is 0 Å². The fraction of sp³-hybridized carbons (Fsp3) is 0.600. The Kier molecular flexibility index (Phi) is 4.75. The van der Waals surface area contributed by atoms with Gasteiger partial charge in [-0.3, -0.25) is 4.79 Å². The van der Waals surface area contributed by atoms with Gasteiger partial charge in [0.05, 0.1) is 6.61 Å². The Labute approximate surface area is 83.3 Å². The quantitative estimate of drug-likeness (QED) is 0.705. The van der Waals surface area contributed by atoms with Crippen LogP contribution in [0.3, 0.4) is 0 Å². The van der Waals surface area contributed by atoms with Gasteiger partial charge in [0.2, 0.25) is 0 Å². The van der Waals surface area contributed by atoms with Crippen molar-refractivity contribution in [1.82, 2.24) is 9.97 Å². The zero-order chi connectivity index (χ0) is 10.2. The number of hydrogen-bond donors (Lipinski definition) is 1. The Morgan fingerprint density at radius 2 is 2.29 bits per heavy atom. The van der Waals surface area contributed by atoms with E-state index in [2.05, 4.69) is 16.9 Å². The van der Waals surface area contributed by atoms with Crippen LogP contribution in [0.1, 0.15) is 32.6 Å². The zero-order valence-corrected chi connectivity index (χ0v) is 8.45. The lowest BCUT2D eigenvalue weighted by Crippen LogP contribution is -2.12. The Morgan fingerprint density at radius 1 is 1.43 bits per heavy atom. The summed E-state index contributed by atoms with van der Waals surface area (Å²) >= 11 is 0. The maximum Gasteiger partial charge on any atom is 0.310 e. The molecular weight excluding hydrogens is 180 g/mol. The van der Waals surface area contributed by atoms with E-state index in [-0.39, 0.29) is 11.4 Å². The van der Waals surface area contributed by atoms with Gasteiger partial charge in [0.25, 0.3) is 5.88 Å². The largest absolute Gasteiger partial charge is 0.474 e. The van der Waals surface area contributed by atoms with Crippen LogP contribution in [0.4, 0.5) is 0 Å². The first-order chi connectivity index (χ1) is 6.84. The minimum atomic E-state index is -0.261. The molecule has 1 aromatic heterocycles. The van der Waals surface area contributed by atoms with Crippen LogP contribution >= 0.6 is 0 Å². The van der Waals surface area contributed by atoms with Crippen LogP contribution < -0.4 is 10.3 Å². The van der Waals surface area contributed by atoms with Crippen LogP contribution in [0, 0.1) is 0 Å². The van der Waals surface area contributed by atoms with E-state index in [9.17, 15) is 4.79 Å². The zero-order valence-electron chi connectivity index (χ0n) is 8.45. The molecule has 14 heavy (non-hydrogen) atoms. The highest BCUT2D eigenvalue weighted by molar-refractivity contribution is 5.01. The van der Waals surface area contributed by atoms with Crippen LogP contribution in [-0.4, -0.2) is 16.6 Å². The van der Waals surface area contributed by atoms with Gasteiger partial charge in [-0.2, -0.15) is 0 Å². The van der Waals surface area contributed by atoms with Crippen molar-refractivity contribution in [3.63, 3.8) is 0 Å². The molecule has 1 rings (SSSR count). The Balaban J connectivity index is 2.25. The number of rotatable bonds is 6. The molecule has 0 aliphatic rings. The first kappa shape index (κ1) is 10.8. The summed E-state index contributed by atoms with van der Waals surface area (Å²) in [6.07, 6.45) is 7.53. The highest BCUT2D eigenvalue weighted by Crippen LogP contribution is 2.00. The molecule has 0 fully saturated rings. The topological polar surface area (TPSA) is 55.0 Å². The number of ether oxygens (including phenoxy) is 1. The lowest BCUT2D eigenvalue weighted by atomic mass is 10.2. The number of aromatic nitrogens is 2. The van der Waals surface area contributed by atoms with Crippen molar-refractivity contribution in [2.24, 2.45) is 0 Å². The summed E-state index contributed by atoms with van der Waals surface area (Å²) in [7, 11) is 0. The summed E-state index contributed by atoms with van der Waals surface area (Å²) < 4.78 is 5.23. The predicted octanol–water partition coefficient (Wildman–Crippen LogP) is 1.73. The SMILES string of the molecule is CCCCCCOc1ncc[nH]c1=O. The van der Waals surface area contributed by atoms with Gasteiger partial charge >= 0.3 is 5.56 Å². The number of aromatic amines is 1. The summed E-state index contributed by atoms with van der Waals surface area (Å²) in [5.74, 6) is 0.170. The third-order valence-electron chi connectivity index (χ3n) is 1.91. The molecule has 0 aromatic carbocycles. The molecule has 0 aliphatic carbocycles. The Hall–Kier alpha value is -1.32. The first-order valence-corrected chi connectivity index (χ1v) is 5.01. The van der Waals surface area contributed by atoms with Crippen molar-refractivity contribution in [3.05, 3.63) is 22.7 Å². The molecule has 0 saturated heterocycles. The predicted molar refractivity (Wildman–Crippen MR) is 54.5 cm³/mol. The van der Waals surface area contributed by atoms with Crippen molar-refractivity contribution in [2.75, 3.05) is 6.61 Å². The molecule has 1 N–H and O–H groups in total. The lowest BCUT2D eigenvalue weighted by Gasteiger charge is -2.02. The first-order valence-electron chi connectivity index (χ1n) is 5.01. The highest BCUT2D eigenvalue weighted by Gasteiger charge is 1.99. The molecule has 0 saturated carbocycles. The summed E-state index contributed by atoms with van der Waals surface area (Å²) in [6.45, 7) is 2.73. The Bertz CT molecular complexity index is 309.